The predicted octanol–water partition coefficient (Wildman–Crippen LogP) is 2.58. The molecule has 0 heterocycles. The first-order valence-electron chi connectivity index (χ1n) is 6.05. The Morgan fingerprint density at radius 3 is 2.78 bits per heavy atom. The van der Waals surface area contributed by atoms with Crippen LogP contribution in [-0.2, 0) is 4.79 Å². The summed E-state index contributed by atoms with van der Waals surface area (Å²) in [7, 11) is 0. The molecule has 1 aromatic carbocycles. The molecule has 1 aromatic rings. The van der Waals surface area contributed by atoms with Gasteiger partial charge in [0.25, 0.3) is 5.91 Å². The van der Waals surface area contributed by atoms with E-state index in [1.54, 1.807) is 0 Å². The van der Waals surface area contributed by atoms with Gasteiger partial charge in [0.2, 0.25) is 0 Å². The highest BCUT2D eigenvalue weighted by molar-refractivity contribution is 5.84. The molecule has 1 rings (SSSR count). The van der Waals surface area contributed by atoms with Crippen molar-refractivity contribution < 1.29 is 9.53 Å². The van der Waals surface area contributed by atoms with Crippen LogP contribution in [0.25, 0.3) is 0 Å². The topological polar surface area (TPSA) is 50.7 Å². The maximum absolute atomic E-state index is 11.5. The Bertz CT molecular complexity index is 453. The number of hydrazone groups is 1. The molecule has 0 saturated heterocycles. The summed E-state index contributed by atoms with van der Waals surface area (Å²) in [5.41, 5.74) is 5.47. The molecule has 0 aromatic heterocycles. The summed E-state index contributed by atoms with van der Waals surface area (Å²) in [6.45, 7) is 7.77. The van der Waals surface area contributed by atoms with Gasteiger partial charge in [-0.05, 0) is 44.4 Å². The van der Waals surface area contributed by atoms with Gasteiger partial charge < -0.3 is 4.74 Å². The summed E-state index contributed by atoms with van der Waals surface area (Å²) in [5.74, 6) is 0.491. The fourth-order valence-corrected chi connectivity index (χ4v) is 1.28. The summed E-state index contributed by atoms with van der Waals surface area (Å²) in [5, 5.41) is 3.93. The molecule has 4 nitrogen and oxygen atoms in total. The standard InChI is InChI=1S/C14H20N2O2/c1-5-12(4)15-16-14(17)9-18-13-8-10(2)6-7-11(13)3/h6-8H,5,9H2,1-4H3,(H,16,17)/b15-12+. The summed E-state index contributed by atoms with van der Waals surface area (Å²) < 4.78 is 5.46. The second-order valence-electron chi connectivity index (χ2n) is 4.29. The number of benzene rings is 1. The average molecular weight is 248 g/mol. The van der Waals surface area contributed by atoms with Crippen molar-refractivity contribution in [1.29, 1.82) is 0 Å². The van der Waals surface area contributed by atoms with E-state index in [4.69, 9.17) is 4.74 Å². The summed E-state index contributed by atoms with van der Waals surface area (Å²) in [6.07, 6.45) is 0.818. The van der Waals surface area contributed by atoms with Gasteiger partial charge in [-0.15, -0.1) is 0 Å². The zero-order valence-electron chi connectivity index (χ0n) is 11.4. The van der Waals surface area contributed by atoms with Gasteiger partial charge in [0.1, 0.15) is 5.75 Å². The number of nitrogens with zero attached hydrogens (tertiary/aromatic N) is 1. The lowest BCUT2D eigenvalue weighted by Gasteiger charge is -2.09. The summed E-state index contributed by atoms with van der Waals surface area (Å²) in [6, 6.07) is 5.91. The van der Waals surface area contributed by atoms with Crippen LogP contribution in [0.3, 0.4) is 0 Å². The van der Waals surface area contributed by atoms with Crippen LogP contribution >= 0.6 is 0 Å². The quantitative estimate of drug-likeness (QED) is 0.643. The van der Waals surface area contributed by atoms with Gasteiger partial charge >= 0.3 is 0 Å². The molecule has 0 atom stereocenters. The number of hydrogen-bond donors (Lipinski definition) is 1. The predicted molar refractivity (Wildman–Crippen MR) is 73.0 cm³/mol. The lowest BCUT2D eigenvalue weighted by atomic mass is 10.1. The maximum Gasteiger partial charge on any atom is 0.277 e. The first-order valence-corrected chi connectivity index (χ1v) is 6.05. The van der Waals surface area contributed by atoms with Crippen LogP contribution in [0.4, 0.5) is 0 Å². The fourth-order valence-electron chi connectivity index (χ4n) is 1.28. The second-order valence-corrected chi connectivity index (χ2v) is 4.29. The Kier molecular flexibility index (Phi) is 5.36. The van der Waals surface area contributed by atoms with Crippen molar-refractivity contribution in [2.75, 3.05) is 6.61 Å². The van der Waals surface area contributed by atoms with Crippen molar-refractivity contribution >= 4 is 11.6 Å². The molecule has 4 heteroatoms. The molecule has 1 amide bonds. The number of carbonyl (C=O) groups excluding carboxylic acids is 1. The highest BCUT2D eigenvalue weighted by atomic mass is 16.5. The van der Waals surface area contributed by atoms with Crippen LogP contribution in [0.5, 0.6) is 5.75 Å². The van der Waals surface area contributed by atoms with Gasteiger partial charge in [-0.25, -0.2) is 5.43 Å². The van der Waals surface area contributed by atoms with Crippen LogP contribution in [0.2, 0.25) is 0 Å². The molecular formula is C14H20N2O2. The number of ether oxygens (including phenoxy) is 1. The molecule has 0 fully saturated rings. The Morgan fingerprint density at radius 1 is 1.39 bits per heavy atom. The number of aryl methyl sites for hydroxylation is 2. The lowest BCUT2D eigenvalue weighted by molar-refractivity contribution is -0.123. The minimum atomic E-state index is -0.247. The van der Waals surface area contributed by atoms with Gasteiger partial charge in [-0.2, -0.15) is 5.10 Å². The van der Waals surface area contributed by atoms with Crippen molar-refractivity contribution in [2.24, 2.45) is 5.10 Å². The number of hydrogen-bond acceptors (Lipinski definition) is 3. The third kappa shape index (κ3) is 4.57. The number of nitrogens with one attached hydrogen (secondary N) is 1. The van der Waals surface area contributed by atoms with Crippen LogP contribution in [0, 0.1) is 13.8 Å². The zero-order chi connectivity index (χ0) is 13.5. The number of rotatable bonds is 5. The molecule has 0 aliphatic heterocycles. The largest absolute Gasteiger partial charge is 0.483 e. The van der Waals surface area contributed by atoms with E-state index >= 15 is 0 Å². The van der Waals surface area contributed by atoms with Crippen molar-refractivity contribution in [1.82, 2.24) is 5.43 Å². The molecule has 0 aliphatic carbocycles. The molecule has 18 heavy (non-hydrogen) atoms. The number of carbonyl (C=O) groups is 1. The molecule has 0 saturated carbocycles. The minimum absolute atomic E-state index is 0.0230. The monoisotopic (exact) mass is 248 g/mol. The highest BCUT2D eigenvalue weighted by Gasteiger charge is 2.04. The molecule has 0 bridgehead atoms. The Morgan fingerprint density at radius 2 is 2.11 bits per heavy atom. The Labute approximate surface area is 108 Å². The van der Waals surface area contributed by atoms with E-state index < -0.39 is 0 Å². The first kappa shape index (κ1) is 14.2. The molecular weight excluding hydrogens is 228 g/mol. The molecule has 0 unspecified atom stereocenters. The average Bonchev–Trinajstić information content (AvgIpc) is 2.36. The molecule has 0 aliphatic rings. The zero-order valence-corrected chi connectivity index (χ0v) is 11.4. The smallest absolute Gasteiger partial charge is 0.277 e. The third-order valence-corrected chi connectivity index (χ3v) is 2.59. The van der Waals surface area contributed by atoms with Gasteiger partial charge in [0.05, 0.1) is 0 Å². The fraction of sp³-hybridized carbons (Fsp3) is 0.429. The number of amides is 1. The van der Waals surface area contributed by atoms with Gasteiger partial charge in [-0.1, -0.05) is 19.1 Å². The van der Waals surface area contributed by atoms with Crippen molar-refractivity contribution in [3.05, 3.63) is 29.3 Å². The van der Waals surface area contributed by atoms with Crippen LogP contribution in [-0.4, -0.2) is 18.2 Å². The second kappa shape index (κ2) is 6.79. The molecule has 0 radical (unpaired) electrons. The van der Waals surface area contributed by atoms with E-state index in [1.165, 1.54) is 0 Å². The van der Waals surface area contributed by atoms with E-state index in [-0.39, 0.29) is 12.5 Å². The summed E-state index contributed by atoms with van der Waals surface area (Å²) >= 11 is 0. The van der Waals surface area contributed by atoms with E-state index in [2.05, 4.69) is 10.5 Å². The van der Waals surface area contributed by atoms with Crippen LogP contribution in [0.1, 0.15) is 31.4 Å². The summed E-state index contributed by atoms with van der Waals surface area (Å²) in [4.78, 5) is 11.5. The first-order chi connectivity index (χ1) is 8.52. The van der Waals surface area contributed by atoms with E-state index in [1.807, 2.05) is 45.9 Å². The van der Waals surface area contributed by atoms with Crippen LogP contribution in [0.15, 0.2) is 23.3 Å². The molecule has 0 spiro atoms. The minimum Gasteiger partial charge on any atom is -0.483 e. The van der Waals surface area contributed by atoms with Crippen molar-refractivity contribution in [3.63, 3.8) is 0 Å². The van der Waals surface area contributed by atoms with Crippen molar-refractivity contribution in [3.8, 4) is 5.75 Å². The van der Waals surface area contributed by atoms with E-state index in [0.717, 1.165) is 29.0 Å². The lowest BCUT2D eigenvalue weighted by Crippen LogP contribution is -2.25. The Hall–Kier alpha value is -1.84. The normalized spacial score (nSPS) is 11.2. The van der Waals surface area contributed by atoms with E-state index in [9.17, 15) is 4.79 Å². The van der Waals surface area contributed by atoms with Gasteiger partial charge in [0, 0.05) is 5.71 Å². The maximum atomic E-state index is 11.5. The van der Waals surface area contributed by atoms with Crippen molar-refractivity contribution in [2.45, 2.75) is 34.1 Å². The highest BCUT2D eigenvalue weighted by Crippen LogP contribution is 2.18. The molecule has 98 valence electrons. The van der Waals surface area contributed by atoms with Crippen LogP contribution < -0.4 is 10.2 Å². The molecule has 1 N–H and O–H groups in total. The van der Waals surface area contributed by atoms with Gasteiger partial charge in [0.15, 0.2) is 6.61 Å². The van der Waals surface area contributed by atoms with Gasteiger partial charge in [-0.3, -0.25) is 4.79 Å². The Balaban J connectivity index is 2.50. The third-order valence-electron chi connectivity index (χ3n) is 2.59. The SMILES string of the molecule is CC/C(C)=N/NC(=O)COc1cc(C)ccc1C. The van der Waals surface area contributed by atoms with E-state index in [0.29, 0.717) is 0 Å².